The molecular formula is C15H13BrF2O. The van der Waals surface area contributed by atoms with Crippen LogP contribution in [0.2, 0.25) is 0 Å². The van der Waals surface area contributed by atoms with E-state index in [1.807, 2.05) is 0 Å². The third kappa shape index (κ3) is 3.39. The van der Waals surface area contributed by atoms with Gasteiger partial charge in [0.05, 0.1) is 6.10 Å². The van der Waals surface area contributed by atoms with Crippen LogP contribution in [0.15, 0.2) is 40.9 Å². The largest absolute Gasteiger partial charge is 0.388 e. The zero-order valence-corrected chi connectivity index (χ0v) is 11.9. The minimum absolute atomic E-state index is 0.0408. The van der Waals surface area contributed by atoms with E-state index in [-0.39, 0.29) is 12.0 Å². The van der Waals surface area contributed by atoms with Crippen LogP contribution in [-0.2, 0) is 6.42 Å². The first-order valence-electron chi connectivity index (χ1n) is 5.85. The Hall–Kier alpha value is -1.26. The lowest BCUT2D eigenvalue weighted by Crippen LogP contribution is -2.06. The summed E-state index contributed by atoms with van der Waals surface area (Å²) < 4.78 is 28.0. The molecule has 0 aliphatic rings. The number of benzene rings is 2. The second-order valence-electron chi connectivity index (χ2n) is 4.48. The van der Waals surface area contributed by atoms with Gasteiger partial charge in [0.15, 0.2) is 0 Å². The lowest BCUT2D eigenvalue weighted by molar-refractivity contribution is 0.172. The van der Waals surface area contributed by atoms with E-state index in [1.54, 1.807) is 25.1 Å². The monoisotopic (exact) mass is 326 g/mol. The smallest absolute Gasteiger partial charge is 0.129 e. The molecule has 0 spiro atoms. The fraction of sp³-hybridized carbons (Fsp3) is 0.200. The van der Waals surface area contributed by atoms with Crippen LogP contribution >= 0.6 is 15.9 Å². The van der Waals surface area contributed by atoms with E-state index in [9.17, 15) is 13.9 Å². The topological polar surface area (TPSA) is 20.2 Å². The van der Waals surface area contributed by atoms with Crippen molar-refractivity contribution in [2.75, 3.05) is 0 Å². The van der Waals surface area contributed by atoms with Crippen LogP contribution in [-0.4, -0.2) is 5.11 Å². The normalized spacial score (nSPS) is 12.5. The number of rotatable bonds is 3. The van der Waals surface area contributed by atoms with Gasteiger partial charge in [-0.2, -0.15) is 0 Å². The first kappa shape index (κ1) is 14.2. The Morgan fingerprint density at radius 2 is 1.84 bits per heavy atom. The van der Waals surface area contributed by atoms with Crippen LogP contribution in [0.3, 0.4) is 0 Å². The van der Waals surface area contributed by atoms with E-state index in [0.29, 0.717) is 10.0 Å². The quantitative estimate of drug-likeness (QED) is 0.891. The van der Waals surface area contributed by atoms with E-state index in [0.717, 1.165) is 5.56 Å². The third-order valence-electron chi connectivity index (χ3n) is 2.94. The Balaban J connectivity index is 2.23. The summed E-state index contributed by atoms with van der Waals surface area (Å²) in [5, 5.41) is 10.0. The summed E-state index contributed by atoms with van der Waals surface area (Å²) >= 11 is 3.16. The zero-order chi connectivity index (χ0) is 14.0. The van der Waals surface area contributed by atoms with Gasteiger partial charge in [-0.1, -0.05) is 34.1 Å². The maximum atomic E-state index is 13.7. The predicted molar refractivity (Wildman–Crippen MR) is 73.9 cm³/mol. The molecule has 0 fully saturated rings. The standard InChI is InChI=1S/C15H13BrF2O/c1-9-2-5-12(14(18)6-9)15(19)7-10-3-4-11(16)8-13(10)17/h2-6,8,15,19H,7H2,1H3. The molecule has 0 amide bonds. The van der Waals surface area contributed by atoms with Gasteiger partial charge in [-0.3, -0.25) is 0 Å². The molecule has 4 heteroatoms. The Labute approximate surface area is 119 Å². The Kier molecular flexibility index (Phi) is 4.32. The fourth-order valence-corrected chi connectivity index (χ4v) is 2.24. The van der Waals surface area contributed by atoms with Crippen molar-refractivity contribution in [2.45, 2.75) is 19.4 Å². The number of aryl methyl sites for hydroxylation is 1. The molecule has 0 heterocycles. The molecule has 2 aromatic carbocycles. The van der Waals surface area contributed by atoms with Crippen LogP contribution < -0.4 is 0 Å². The number of hydrogen-bond acceptors (Lipinski definition) is 1. The molecule has 0 aliphatic heterocycles. The highest BCUT2D eigenvalue weighted by Crippen LogP contribution is 2.24. The molecule has 1 N–H and O–H groups in total. The summed E-state index contributed by atoms with van der Waals surface area (Å²) in [6.07, 6.45) is -1.02. The summed E-state index contributed by atoms with van der Waals surface area (Å²) in [6, 6.07) is 9.21. The van der Waals surface area contributed by atoms with Crippen molar-refractivity contribution in [3.63, 3.8) is 0 Å². The van der Waals surface area contributed by atoms with Crippen molar-refractivity contribution in [1.82, 2.24) is 0 Å². The van der Waals surface area contributed by atoms with Crippen molar-refractivity contribution < 1.29 is 13.9 Å². The number of hydrogen-bond donors (Lipinski definition) is 1. The van der Waals surface area contributed by atoms with Crippen molar-refractivity contribution in [1.29, 1.82) is 0 Å². The summed E-state index contributed by atoms with van der Waals surface area (Å²) in [6.45, 7) is 1.77. The molecular weight excluding hydrogens is 314 g/mol. The molecule has 1 nitrogen and oxygen atoms in total. The molecule has 0 saturated heterocycles. The molecule has 0 saturated carbocycles. The zero-order valence-electron chi connectivity index (χ0n) is 10.3. The van der Waals surface area contributed by atoms with Gasteiger partial charge in [-0.25, -0.2) is 8.78 Å². The van der Waals surface area contributed by atoms with Crippen LogP contribution in [0, 0.1) is 18.6 Å². The summed E-state index contributed by atoms with van der Waals surface area (Å²) in [5.41, 5.74) is 1.33. The van der Waals surface area contributed by atoms with Gasteiger partial charge in [0.1, 0.15) is 11.6 Å². The van der Waals surface area contributed by atoms with Crippen LogP contribution in [0.5, 0.6) is 0 Å². The number of aliphatic hydroxyl groups excluding tert-OH is 1. The van der Waals surface area contributed by atoms with E-state index >= 15 is 0 Å². The van der Waals surface area contributed by atoms with E-state index < -0.39 is 17.7 Å². The molecule has 1 atom stereocenters. The lowest BCUT2D eigenvalue weighted by atomic mass is 9.99. The molecule has 0 aromatic heterocycles. The molecule has 2 aromatic rings. The molecule has 0 radical (unpaired) electrons. The van der Waals surface area contributed by atoms with Crippen LogP contribution in [0.25, 0.3) is 0 Å². The average molecular weight is 327 g/mol. The maximum absolute atomic E-state index is 13.7. The van der Waals surface area contributed by atoms with Crippen molar-refractivity contribution in [3.05, 3.63) is 69.2 Å². The first-order chi connectivity index (χ1) is 8.97. The highest BCUT2D eigenvalue weighted by Gasteiger charge is 2.15. The molecule has 19 heavy (non-hydrogen) atoms. The molecule has 0 bridgehead atoms. The van der Waals surface area contributed by atoms with E-state index in [2.05, 4.69) is 15.9 Å². The average Bonchev–Trinajstić information content (AvgIpc) is 2.32. The van der Waals surface area contributed by atoms with Gasteiger partial charge >= 0.3 is 0 Å². The van der Waals surface area contributed by atoms with Gasteiger partial charge in [-0.05, 0) is 36.2 Å². The summed E-state index contributed by atoms with van der Waals surface area (Å²) in [7, 11) is 0. The van der Waals surface area contributed by atoms with Gasteiger partial charge in [-0.15, -0.1) is 0 Å². The van der Waals surface area contributed by atoms with Crippen LogP contribution in [0.4, 0.5) is 8.78 Å². The minimum Gasteiger partial charge on any atom is -0.388 e. The van der Waals surface area contributed by atoms with Gasteiger partial charge < -0.3 is 5.11 Å². The molecule has 100 valence electrons. The summed E-state index contributed by atoms with van der Waals surface area (Å²) in [5.74, 6) is -0.883. The maximum Gasteiger partial charge on any atom is 0.129 e. The van der Waals surface area contributed by atoms with Gasteiger partial charge in [0.2, 0.25) is 0 Å². The second kappa shape index (κ2) is 5.80. The first-order valence-corrected chi connectivity index (χ1v) is 6.64. The second-order valence-corrected chi connectivity index (χ2v) is 5.40. The SMILES string of the molecule is Cc1ccc(C(O)Cc2ccc(Br)cc2F)c(F)c1. The predicted octanol–water partition coefficient (Wildman–Crippen LogP) is 4.31. The molecule has 2 rings (SSSR count). The van der Waals surface area contributed by atoms with Crippen molar-refractivity contribution in [3.8, 4) is 0 Å². The van der Waals surface area contributed by atoms with Gasteiger partial charge in [0, 0.05) is 16.5 Å². The Bertz CT molecular complexity index is 599. The van der Waals surface area contributed by atoms with E-state index in [1.165, 1.54) is 18.2 Å². The highest BCUT2D eigenvalue weighted by atomic mass is 79.9. The minimum atomic E-state index is -1.06. The van der Waals surface area contributed by atoms with E-state index in [4.69, 9.17) is 0 Å². The molecule has 1 unspecified atom stereocenters. The van der Waals surface area contributed by atoms with Crippen molar-refractivity contribution in [2.24, 2.45) is 0 Å². The van der Waals surface area contributed by atoms with Crippen molar-refractivity contribution >= 4 is 15.9 Å². The molecule has 0 aliphatic carbocycles. The number of halogens is 3. The lowest BCUT2D eigenvalue weighted by Gasteiger charge is -2.13. The summed E-state index contributed by atoms with van der Waals surface area (Å²) in [4.78, 5) is 0. The van der Waals surface area contributed by atoms with Gasteiger partial charge in [0.25, 0.3) is 0 Å². The Morgan fingerprint density at radius 1 is 1.11 bits per heavy atom. The third-order valence-corrected chi connectivity index (χ3v) is 3.44. The number of aliphatic hydroxyl groups is 1. The highest BCUT2D eigenvalue weighted by molar-refractivity contribution is 9.10. The van der Waals surface area contributed by atoms with Crippen LogP contribution in [0.1, 0.15) is 22.8 Å². The Morgan fingerprint density at radius 3 is 2.47 bits per heavy atom. The fourth-order valence-electron chi connectivity index (χ4n) is 1.91.